The molecule has 32 heavy (non-hydrogen) atoms. The number of nitrogens with one attached hydrogen (secondary N) is 1. The third-order valence-electron chi connectivity index (χ3n) is 6.03. The van der Waals surface area contributed by atoms with E-state index in [0.29, 0.717) is 22.9 Å². The molecule has 7 nitrogen and oxygen atoms in total. The first-order valence-corrected chi connectivity index (χ1v) is 13.7. The third-order valence-corrected chi connectivity index (χ3v) is 9.45. The van der Waals surface area contributed by atoms with E-state index in [0.717, 1.165) is 12.0 Å². The van der Waals surface area contributed by atoms with Gasteiger partial charge in [-0.05, 0) is 48.7 Å². The van der Waals surface area contributed by atoms with Crippen molar-refractivity contribution in [2.45, 2.75) is 38.6 Å². The highest BCUT2D eigenvalue weighted by atomic mass is 28.3. The zero-order chi connectivity index (χ0) is 23.0. The second-order valence-corrected chi connectivity index (χ2v) is 13.5. The number of ether oxygens (including phenoxy) is 4. The summed E-state index contributed by atoms with van der Waals surface area (Å²) in [6.07, 6.45) is 0.908. The van der Waals surface area contributed by atoms with Gasteiger partial charge in [-0.15, -0.1) is 0 Å². The Morgan fingerprint density at radius 3 is 2.47 bits per heavy atom. The minimum atomic E-state index is -1.38. The van der Waals surface area contributed by atoms with Crippen molar-refractivity contribution in [2.24, 2.45) is 0 Å². The van der Waals surface area contributed by atoms with Crippen LogP contribution in [0.1, 0.15) is 11.1 Å². The van der Waals surface area contributed by atoms with Gasteiger partial charge in [0.05, 0.1) is 28.4 Å². The summed E-state index contributed by atoms with van der Waals surface area (Å²) >= 11 is 0. The lowest BCUT2D eigenvalue weighted by molar-refractivity contribution is -0.134. The molecule has 4 rings (SSSR count). The molecule has 2 heterocycles. The number of carbonyl (C=O) groups is 2. The van der Waals surface area contributed by atoms with Gasteiger partial charge in [-0.1, -0.05) is 30.4 Å². The van der Waals surface area contributed by atoms with Crippen molar-refractivity contribution in [3.63, 3.8) is 0 Å². The van der Waals surface area contributed by atoms with Crippen molar-refractivity contribution in [3.05, 3.63) is 53.5 Å². The van der Waals surface area contributed by atoms with Gasteiger partial charge >= 0.3 is 0 Å². The SMILES string of the molecule is COc1cccc(OC)c1NC(=O)C1OC(Oc2cc3c(cc2C)[Si](C)(C)CC3)=CC1=O. The Balaban J connectivity index is 1.49. The van der Waals surface area contributed by atoms with Crippen molar-refractivity contribution >= 4 is 30.6 Å². The van der Waals surface area contributed by atoms with Gasteiger partial charge in [-0.25, -0.2) is 0 Å². The van der Waals surface area contributed by atoms with E-state index in [4.69, 9.17) is 18.9 Å². The monoisotopic (exact) mass is 453 g/mol. The Labute approximate surface area is 188 Å². The van der Waals surface area contributed by atoms with E-state index in [1.807, 2.05) is 13.0 Å². The zero-order valence-corrected chi connectivity index (χ0v) is 19.9. The molecule has 8 heteroatoms. The zero-order valence-electron chi connectivity index (χ0n) is 18.9. The lowest BCUT2D eigenvalue weighted by atomic mass is 10.1. The first kappa shape index (κ1) is 21.9. The maximum absolute atomic E-state index is 12.8. The van der Waals surface area contributed by atoms with Gasteiger partial charge in [0.2, 0.25) is 11.9 Å². The van der Waals surface area contributed by atoms with Crippen molar-refractivity contribution in [2.75, 3.05) is 19.5 Å². The number of ketones is 1. The quantitative estimate of drug-likeness (QED) is 0.534. The Morgan fingerprint density at radius 1 is 1.12 bits per heavy atom. The number of benzene rings is 2. The first-order chi connectivity index (χ1) is 15.2. The van der Waals surface area contributed by atoms with Crippen LogP contribution in [0, 0.1) is 6.92 Å². The Hall–Kier alpha value is -3.26. The molecule has 2 aromatic carbocycles. The van der Waals surface area contributed by atoms with Gasteiger partial charge in [-0.2, -0.15) is 0 Å². The number of carbonyl (C=O) groups excluding carboxylic acids is 2. The third kappa shape index (κ3) is 3.98. The number of methoxy groups -OCH3 is 2. The molecule has 2 aliphatic heterocycles. The molecule has 1 unspecified atom stereocenters. The predicted molar refractivity (Wildman–Crippen MR) is 124 cm³/mol. The van der Waals surface area contributed by atoms with Crippen LogP contribution in [0.3, 0.4) is 0 Å². The van der Waals surface area contributed by atoms with Crippen LogP contribution in [0.5, 0.6) is 17.2 Å². The largest absolute Gasteiger partial charge is 0.494 e. The summed E-state index contributed by atoms with van der Waals surface area (Å²) in [5, 5.41) is 4.13. The van der Waals surface area contributed by atoms with Gasteiger partial charge in [0.1, 0.15) is 22.9 Å². The highest BCUT2D eigenvalue weighted by molar-refractivity contribution is 6.91. The molecular weight excluding hydrogens is 426 g/mol. The molecule has 0 aliphatic carbocycles. The lowest BCUT2D eigenvalue weighted by Gasteiger charge is -2.19. The normalized spacial score (nSPS) is 18.5. The van der Waals surface area contributed by atoms with Crippen LogP contribution < -0.4 is 24.7 Å². The van der Waals surface area contributed by atoms with Crippen LogP contribution >= 0.6 is 0 Å². The number of hydrogen-bond acceptors (Lipinski definition) is 6. The second kappa shape index (κ2) is 8.35. The minimum absolute atomic E-state index is 0.0136. The van der Waals surface area contributed by atoms with E-state index < -0.39 is 25.9 Å². The number of amides is 1. The van der Waals surface area contributed by atoms with Crippen LogP contribution in [-0.2, 0) is 20.7 Å². The first-order valence-electron chi connectivity index (χ1n) is 10.5. The van der Waals surface area contributed by atoms with Crippen LogP contribution in [-0.4, -0.2) is 40.1 Å². The van der Waals surface area contributed by atoms with E-state index in [9.17, 15) is 9.59 Å². The van der Waals surface area contributed by atoms with E-state index in [-0.39, 0.29) is 5.95 Å². The van der Waals surface area contributed by atoms with Crippen molar-refractivity contribution in [1.82, 2.24) is 0 Å². The Bertz CT molecular complexity index is 1100. The van der Waals surface area contributed by atoms with E-state index >= 15 is 0 Å². The van der Waals surface area contributed by atoms with Crippen molar-refractivity contribution < 1.29 is 28.5 Å². The van der Waals surface area contributed by atoms with Gasteiger partial charge < -0.3 is 24.3 Å². The maximum atomic E-state index is 12.8. The molecule has 1 N–H and O–H groups in total. The van der Waals surface area contributed by atoms with Crippen molar-refractivity contribution in [3.8, 4) is 17.2 Å². The average Bonchev–Trinajstić information content (AvgIpc) is 3.27. The summed E-state index contributed by atoms with van der Waals surface area (Å²) in [7, 11) is 1.59. The number of para-hydroxylation sites is 1. The Morgan fingerprint density at radius 2 is 1.81 bits per heavy atom. The summed E-state index contributed by atoms with van der Waals surface area (Å²) < 4.78 is 22.0. The summed E-state index contributed by atoms with van der Waals surface area (Å²) in [6.45, 7) is 6.73. The highest BCUT2D eigenvalue weighted by Crippen LogP contribution is 2.35. The van der Waals surface area contributed by atoms with Crippen LogP contribution in [0.2, 0.25) is 19.1 Å². The van der Waals surface area contributed by atoms with Gasteiger partial charge in [0, 0.05) is 0 Å². The fourth-order valence-electron chi connectivity index (χ4n) is 4.17. The standard InChI is InChI=1S/C24H27NO6Si/c1-14-11-20-15(9-10-32(20,4)5)12-19(14)30-21-13-16(26)23(31-21)24(27)25-22-17(28-2)7-6-8-18(22)29-3/h6-8,11-13,23H,9-10H2,1-5H3,(H,25,27). The summed E-state index contributed by atoms with van der Waals surface area (Å²) in [5.74, 6) is 0.354. The van der Waals surface area contributed by atoms with Crippen LogP contribution in [0.25, 0.3) is 0 Å². The summed E-state index contributed by atoms with van der Waals surface area (Å²) in [6, 6.07) is 10.6. The molecule has 0 spiro atoms. The molecule has 1 amide bonds. The number of rotatable bonds is 6. The van der Waals surface area contributed by atoms with E-state index in [2.05, 4.69) is 24.5 Å². The molecule has 2 aromatic rings. The molecule has 0 radical (unpaired) electrons. The predicted octanol–water partition coefficient (Wildman–Crippen LogP) is 3.31. The van der Waals surface area contributed by atoms with Gasteiger partial charge in [0.25, 0.3) is 11.9 Å². The van der Waals surface area contributed by atoms with Gasteiger partial charge in [-0.3, -0.25) is 9.59 Å². The molecule has 0 saturated carbocycles. The number of aryl methyl sites for hydroxylation is 2. The molecule has 168 valence electrons. The number of hydrogen-bond donors (Lipinski definition) is 1. The van der Waals surface area contributed by atoms with Crippen LogP contribution in [0.4, 0.5) is 5.69 Å². The maximum Gasteiger partial charge on any atom is 0.289 e. The van der Waals surface area contributed by atoms with E-state index in [1.165, 1.54) is 37.1 Å². The number of fused-ring (bicyclic) bond motifs is 1. The molecule has 1 atom stereocenters. The average molecular weight is 454 g/mol. The smallest absolute Gasteiger partial charge is 0.289 e. The minimum Gasteiger partial charge on any atom is -0.494 e. The molecular formula is C24H27NO6Si. The highest BCUT2D eigenvalue weighted by Gasteiger charge is 2.37. The van der Waals surface area contributed by atoms with Crippen molar-refractivity contribution in [1.29, 1.82) is 0 Å². The summed E-state index contributed by atoms with van der Waals surface area (Å²) in [5.41, 5.74) is 2.61. The topological polar surface area (TPSA) is 83.1 Å². The molecule has 0 fully saturated rings. The summed E-state index contributed by atoms with van der Waals surface area (Å²) in [4.78, 5) is 25.3. The fourth-order valence-corrected chi connectivity index (χ4v) is 7.00. The molecule has 2 aliphatic rings. The van der Waals surface area contributed by atoms with Gasteiger partial charge in [0.15, 0.2) is 0 Å². The van der Waals surface area contributed by atoms with Crippen LogP contribution in [0.15, 0.2) is 42.4 Å². The molecule has 0 saturated heterocycles. The Kier molecular flexibility index (Phi) is 5.73. The fraction of sp³-hybridized carbons (Fsp3) is 0.333. The second-order valence-electron chi connectivity index (χ2n) is 8.65. The molecule has 0 aromatic heterocycles. The molecule has 0 bridgehead atoms. The lowest BCUT2D eigenvalue weighted by Crippen LogP contribution is -2.37. The van der Waals surface area contributed by atoms with E-state index in [1.54, 1.807) is 18.2 Å². The number of anilines is 1.